The summed E-state index contributed by atoms with van der Waals surface area (Å²) in [4.78, 5) is 4.27. The molecule has 5 rings (SSSR count). The van der Waals surface area contributed by atoms with Crippen molar-refractivity contribution in [3.05, 3.63) is 89.4 Å². The van der Waals surface area contributed by atoms with Crippen LogP contribution in [-0.2, 0) is 0 Å². The summed E-state index contributed by atoms with van der Waals surface area (Å²) in [5.41, 5.74) is 5.12. The number of aryl methyl sites for hydroxylation is 2. The number of rotatable bonds is 5. The van der Waals surface area contributed by atoms with Crippen molar-refractivity contribution in [2.24, 2.45) is 0 Å². The number of ether oxygens (including phenoxy) is 1. The van der Waals surface area contributed by atoms with Crippen molar-refractivity contribution < 1.29 is 17.9 Å². The van der Waals surface area contributed by atoms with Crippen LogP contribution in [0.1, 0.15) is 29.8 Å². The van der Waals surface area contributed by atoms with Gasteiger partial charge < -0.3 is 13.9 Å². The van der Waals surface area contributed by atoms with Crippen molar-refractivity contribution >= 4 is 0 Å². The Labute approximate surface area is 200 Å². The van der Waals surface area contributed by atoms with E-state index in [0.29, 0.717) is 17.3 Å². The first-order valence-electron chi connectivity index (χ1n) is 11.0. The van der Waals surface area contributed by atoms with Crippen molar-refractivity contribution in [1.29, 1.82) is 0 Å². The van der Waals surface area contributed by atoms with Crippen LogP contribution in [-0.4, -0.2) is 31.4 Å². The molecule has 0 spiro atoms. The highest BCUT2D eigenvalue weighted by Crippen LogP contribution is 2.37. The quantitative estimate of drug-likeness (QED) is 0.296. The average molecular weight is 477 g/mol. The Kier molecular flexibility index (Phi) is 5.55. The SMILES string of the molecule is COc1cc(-c2nnc3n(C(C)c4cc(F)c(F)c(F)c4)cc(C)cc2-3)ccc1-n1cnc(C)c1. The Morgan fingerprint density at radius 1 is 0.943 bits per heavy atom. The van der Waals surface area contributed by atoms with E-state index in [9.17, 15) is 13.2 Å². The van der Waals surface area contributed by atoms with Crippen LogP contribution in [0.2, 0.25) is 0 Å². The second-order valence-corrected chi connectivity index (χ2v) is 8.49. The Balaban J connectivity index is 1.57. The predicted molar refractivity (Wildman–Crippen MR) is 125 cm³/mol. The monoisotopic (exact) mass is 477 g/mol. The zero-order chi connectivity index (χ0) is 24.9. The van der Waals surface area contributed by atoms with Crippen molar-refractivity contribution in [3.8, 4) is 34.1 Å². The Bertz CT molecular complexity index is 1500. The molecule has 2 aromatic carbocycles. The molecule has 178 valence electrons. The molecule has 0 N–H and O–H groups in total. The molecule has 1 aromatic heterocycles. The summed E-state index contributed by atoms with van der Waals surface area (Å²) in [6.45, 7) is 5.59. The smallest absolute Gasteiger partial charge is 0.194 e. The van der Waals surface area contributed by atoms with Crippen molar-refractivity contribution in [2.75, 3.05) is 7.11 Å². The summed E-state index contributed by atoms with van der Waals surface area (Å²) in [5, 5.41) is 8.80. The lowest BCUT2D eigenvalue weighted by Gasteiger charge is -2.21. The van der Waals surface area contributed by atoms with E-state index in [1.807, 2.05) is 55.1 Å². The van der Waals surface area contributed by atoms with E-state index in [1.165, 1.54) is 0 Å². The molecular weight excluding hydrogens is 455 g/mol. The fourth-order valence-electron chi connectivity index (χ4n) is 4.26. The molecule has 0 aliphatic carbocycles. The lowest BCUT2D eigenvalue weighted by Crippen LogP contribution is -2.12. The molecule has 0 radical (unpaired) electrons. The largest absolute Gasteiger partial charge is 0.495 e. The number of halogens is 3. The highest BCUT2D eigenvalue weighted by molar-refractivity contribution is 5.80. The predicted octanol–water partition coefficient (Wildman–Crippen LogP) is 5.89. The summed E-state index contributed by atoms with van der Waals surface area (Å²) >= 11 is 0. The maximum Gasteiger partial charge on any atom is 0.194 e. The first kappa shape index (κ1) is 22.6. The summed E-state index contributed by atoms with van der Waals surface area (Å²) in [6, 6.07) is 9.18. The lowest BCUT2D eigenvalue weighted by molar-refractivity contribution is 0.413. The zero-order valence-electron chi connectivity index (χ0n) is 19.6. The fourth-order valence-corrected chi connectivity index (χ4v) is 4.26. The van der Waals surface area contributed by atoms with Gasteiger partial charge in [-0.3, -0.25) is 0 Å². The highest BCUT2D eigenvalue weighted by Gasteiger charge is 2.24. The average Bonchev–Trinajstić information content (AvgIpc) is 3.47. The third-order valence-electron chi connectivity index (χ3n) is 6.05. The molecular formula is C26H22F3N5O. The van der Waals surface area contributed by atoms with Crippen molar-refractivity contribution in [2.45, 2.75) is 26.8 Å². The molecule has 1 unspecified atom stereocenters. The number of pyridine rings is 1. The Morgan fingerprint density at radius 2 is 1.69 bits per heavy atom. The first-order valence-corrected chi connectivity index (χ1v) is 11.0. The van der Waals surface area contributed by atoms with Crippen LogP contribution in [0.15, 0.2) is 55.1 Å². The van der Waals surface area contributed by atoms with Gasteiger partial charge in [0.25, 0.3) is 0 Å². The third kappa shape index (κ3) is 3.92. The molecule has 2 aliphatic rings. The number of fused-ring (bicyclic) bond motifs is 1. The zero-order valence-corrected chi connectivity index (χ0v) is 19.6. The van der Waals surface area contributed by atoms with Crippen molar-refractivity contribution in [1.82, 2.24) is 24.3 Å². The molecule has 0 fully saturated rings. The van der Waals surface area contributed by atoms with Crippen LogP contribution in [0, 0.1) is 31.3 Å². The van der Waals surface area contributed by atoms with Gasteiger partial charge in [0.1, 0.15) is 11.4 Å². The number of hydrogen-bond acceptors (Lipinski definition) is 4. The van der Waals surface area contributed by atoms with Gasteiger partial charge in [0.15, 0.2) is 23.3 Å². The van der Waals surface area contributed by atoms with Gasteiger partial charge in [0.05, 0.1) is 30.9 Å². The molecule has 0 saturated carbocycles. The van der Waals surface area contributed by atoms with Gasteiger partial charge in [-0.05, 0) is 62.2 Å². The second-order valence-electron chi connectivity index (χ2n) is 8.49. The highest BCUT2D eigenvalue weighted by atomic mass is 19.2. The number of imidazole rings is 1. The summed E-state index contributed by atoms with van der Waals surface area (Å²) in [6.07, 6.45) is 5.46. The van der Waals surface area contributed by atoms with Crippen LogP contribution < -0.4 is 4.74 Å². The molecule has 2 aliphatic heterocycles. The van der Waals surface area contributed by atoms with Crippen LogP contribution in [0.5, 0.6) is 5.75 Å². The first-order chi connectivity index (χ1) is 16.8. The minimum absolute atomic E-state index is 0.282. The van der Waals surface area contributed by atoms with E-state index in [1.54, 1.807) is 24.9 Å². The van der Waals surface area contributed by atoms with Gasteiger partial charge in [0.2, 0.25) is 0 Å². The van der Waals surface area contributed by atoms with Gasteiger partial charge in [-0.15, -0.1) is 10.2 Å². The van der Waals surface area contributed by atoms with Crippen LogP contribution in [0.3, 0.4) is 0 Å². The van der Waals surface area contributed by atoms with E-state index in [-0.39, 0.29) is 5.56 Å². The standard InChI is InChI=1S/C26H22F3N5O/c1-14-7-19-25(17-5-6-22(23(10-17)35-4)33-12-15(2)30-13-33)31-32-26(19)34(11-14)16(3)18-8-20(27)24(29)21(28)9-18/h5-13,16H,1-4H3. The topological polar surface area (TPSA) is 57.8 Å². The second kappa shape index (κ2) is 8.57. The normalized spacial score (nSPS) is 12.3. The minimum Gasteiger partial charge on any atom is -0.495 e. The fraction of sp³-hybridized carbons (Fsp3) is 0.192. The van der Waals surface area contributed by atoms with Crippen LogP contribution >= 0.6 is 0 Å². The Hall–Kier alpha value is -4.14. The number of aromatic nitrogens is 5. The van der Waals surface area contributed by atoms with Gasteiger partial charge in [-0.25, -0.2) is 18.2 Å². The molecule has 3 aromatic rings. The minimum atomic E-state index is -1.49. The van der Waals surface area contributed by atoms with E-state index >= 15 is 0 Å². The van der Waals surface area contributed by atoms with E-state index in [2.05, 4.69) is 15.2 Å². The van der Waals surface area contributed by atoms with Crippen LogP contribution in [0.4, 0.5) is 13.2 Å². The lowest BCUT2D eigenvalue weighted by atomic mass is 10.0. The molecule has 6 nitrogen and oxygen atoms in total. The molecule has 0 amide bonds. The molecule has 35 heavy (non-hydrogen) atoms. The Morgan fingerprint density at radius 3 is 2.34 bits per heavy atom. The third-order valence-corrected chi connectivity index (χ3v) is 6.05. The number of methoxy groups -OCH3 is 1. The van der Waals surface area contributed by atoms with Crippen molar-refractivity contribution in [3.63, 3.8) is 0 Å². The van der Waals surface area contributed by atoms with E-state index in [0.717, 1.165) is 40.2 Å². The number of nitrogens with zero attached hydrogens (tertiary/aromatic N) is 5. The summed E-state index contributed by atoms with van der Waals surface area (Å²) < 4.78 is 50.6. The van der Waals surface area contributed by atoms with E-state index < -0.39 is 23.5 Å². The molecule has 0 saturated heterocycles. The van der Waals surface area contributed by atoms with Crippen LogP contribution in [0.25, 0.3) is 28.3 Å². The molecule has 0 bridgehead atoms. The maximum atomic E-state index is 13.9. The van der Waals surface area contributed by atoms with E-state index in [4.69, 9.17) is 4.74 Å². The van der Waals surface area contributed by atoms with Gasteiger partial charge in [-0.1, -0.05) is 6.07 Å². The maximum absolute atomic E-state index is 13.9. The van der Waals surface area contributed by atoms with Gasteiger partial charge in [0, 0.05) is 23.5 Å². The van der Waals surface area contributed by atoms with Gasteiger partial charge in [-0.2, -0.15) is 0 Å². The summed E-state index contributed by atoms with van der Waals surface area (Å²) in [7, 11) is 1.60. The molecule has 3 heterocycles. The summed E-state index contributed by atoms with van der Waals surface area (Å²) in [5.74, 6) is -2.77. The number of benzene rings is 2. The number of hydrogen-bond donors (Lipinski definition) is 0. The molecule has 1 atom stereocenters. The molecule has 9 heteroatoms. The van der Waals surface area contributed by atoms with Gasteiger partial charge >= 0.3 is 0 Å².